The average molecular weight is 672 g/mol. The fourth-order valence-electron chi connectivity index (χ4n) is 7.41. The van der Waals surface area contributed by atoms with Crippen LogP contribution in [0.1, 0.15) is 78.6 Å². The highest BCUT2D eigenvalue weighted by Gasteiger charge is 2.51. The number of nitrogens with zero attached hydrogens (tertiary/aromatic N) is 6. The maximum atomic E-state index is 12.8. The predicted molar refractivity (Wildman–Crippen MR) is 183 cm³/mol. The second kappa shape index (κ2) is 13.2. The number of nitrogens with one attached hydrogen (secondary N) is 1. The lowest BCUT2D eigenvalue weighted by Gasteiger charge is -2.43. The highest BCUT2D eigenvalue weighted by Crippen LogP contribution is 2.44. The van der Waals surface area contributed by atoms with Crippen LogP contribution >= 0.6 is 0 Å². The predicted octanol–water partition coefficient (Wildman–Crippen LogP) is 5.70. The molecule has 49 heavy (non-hydrogen) atoms. The molecule has 0 bridgehead atoms. The molecule has 3 saturated heterocycles. The molecule has 1 aromatic carbocycles. The molecule has 260 valence electrons. The van der Waals surface area contributed by atoms with Crippen molar-refractivity contribution in [3.05, 3.63) is 42.2 Å². The molecule has 0 aliphatic carbocycles. The first-order valence-electron chi connectivity index (χ1n) is 17.3. The Bertz CT molecular complexity index is 1850. The lowest BCUT2D eigenvalue weighted by molar-refractivity contribution is -0.142. The van der Waals surface area contributed by atoms with Crippen LogP contribution in [0.5, 0.6) is 0 Å². The number of ether oxygens (including phenoxy) is 4. The van der Waals surface area contributed by atoms with Gasteiger partial charge in [-0.15, -0.1) is 0 Å². The summed E-state index contributed by atoms with van der Waals surface area (Å²) in [5.41, 5.74) is 3.36. The van der Waals surface area contributed by atoms with Gasteiger partial charge in [-0.3, -0.25) is 9.78 Å². The molecule has 6 heterocycles. The molecule has 0 radical (unpaired) electrons. The first kappa shape index (κ1) is 33.2. The zero-order valence-corrected chi connectivity index (χ0v) is 28.9. The van der Waals surface area contributed by atoms with Crippen LogP contribution in [0.4, 0.5) is 10.6 Å². The monoisotopic (exact) mass is 671 g/mol. The molecule has 13 nitrogen and oxygen atoms in total. The number of pyridine rings is 1. The average Bonchev–Trinajstić information content (AvgIpc) is 3.59. The molecule has 13 heteroatoms. The van der Waals surface area contributed by atoms with Crippen molar-refractivity contribution >= 4 is 39.9 Å². The Morgan fingerprint density at radius 2 is 1.90 bits per heavy atom. The molecule has 3 aromatic heterocycles. The van der Waals surface area contributed by atoms with E-state index in [4.69, 9.17) is 34.0 Å². The van der Waals surface area contributed by atoms with Crippen molar-refractivity contribution in [3.63, 3.8) is 0 Å². The summed E-state index contributed by atoms with van der Waals surface area (Å²) in [6.07, 6.45) is 5.26. The number of rotatable bonds is 6. The molecular formula is C36H45N7O6. The summed E-state index contributed by atoms with van der Waals surface area (Å²) < 4.78 is 25.4. The van der Waals surface area contributed by atoms with Gasteiger partial charge in [0.15, 0.2) is 17.7 Å². The van der Waals surface area contributed by atoms with Gasteiger partial charge in [0.05, 0.1) is 24.3 Å². The van der Waals surface area contributed by atoms with E-state index >= 15 is 0 Å². The number of fused-ring (bicyclic) bond motifs is 2. The van der Waals surface area contributed by atoms with Gasteiger partial charge in [-0.2, -0.15) is 5.10 Å². The van der Waals surface area contributed by atoms with Crippen LogP contribution in [0.3, 0.4) is 0 Å². The van der Waals surface area contributed by atoms with E-state index in [0.29, 0.717) is 54.7 Å². The van der Waals surface area contributed by atoms with Crippen molar-refractivity contribution in [2.24, 2.45) is 5.41 Å². The molecule has 3 fully saturated rings. The largest absolute Gasteiger partial charge is 0.459 e. The van der Waals surface area contributed by atoms with Gasteiger partial charge < -0.3 is 29.2 Å². The van der Waals surface area contributed by atoms with E-state index in [1.807, 2.05) is 62.7 Å². The molecule has 1 unspecified atom stereocenters. The number of hydrogen-bond donors (Lipinski definition) is 1. The first-order valence-corrected chi connectivity index (χ1v) is 17.3. The van der Waals surface area contributed by atoms with E-state index in [1.54, 1.807) is 6.20 Å². The first-order chi connectivity index (χ1) is 23.5. The molecule has 4 aromatic rings. The van der Waals surface area contributed by atoms with Gasteiger partial charge in [-0.1, -0.05) is 18.2 Å². The fraction of sp³-hybridized carbons (Fsp3) is 0.556. The van der Waals surface area contributed by atoms with E-state index < -0.39 is 17.7 Å². The summed E-state index contributed by atoms with van der Waals surface area (Å²) in [7, 11) is 0. The third-order valence-corrected chi connectivity index (χ3v) is 9.81. The topological polar surface area (TPSA) is 143 Å². The minimum absolute atomic E-state index is 0.0279. The zero-order valence-electron chi connectivity index (χ0n) is 28.9. The molecule has 3 aliphatic rings. The molecule has 7 rings (SSSR count). The number of amides is 1. The molecular weight excluding hydrogens is 626 g/mol. The van der Waals surface area contributed by atoms with Crippen molar-refractivity contribution in [2.45, 2.75) is 97.3 Å². The van der Waals surface area contributed by atoms with Gasteiger partial charge in [-0.05, 0) is 71.9 Å². The quantitative estimate of drug-likeness (QED) is 0.252. The van der Waals surface area contributed by atoms with Gasteiger partial charge in [0.1, 0.15) is 29.1 Å². The van der Waals surface area contributed by atoms with Gasteiger partial charge in [0, 0.05) is 49.2 Å². The maximum Gasteiger partial charge on any atom is 0.407 e. The zero-order chi connectivity index (χ0) is 34.3. The Morgan fingerprint density at radius 1 is 1.08 bits per heavy atom. The Balaban J connectivity index is 1.27. The van der Waals surface area contributed by atoms with Crippen LogP contribution in [-0.4, -0.2) is 80.8 Å². The molecule has 1 spiro atoms. The van der Waals surface area contributed by atoms with Crippen LogP contribution in [0.2, 0.25) is 0 Å². The number of benzene rings is 1. The van der Waals surface area contributed by atoms with Crippen LogP contribution in [0.15, 0.2) is 36.5 Å². The third kappa shape index (κ3) is 6.65. The standard InChI is InChI=1S/C36H45N7O6/c1-22-31(39-34(45)49-35(3,4)5)36(21-48-22)14-17-42(18-15-36)32-27(20-47-23(2)44)38-30-29(25-10-8-12-26-24(25)11-9-16-37-26)41-43(33(30)40-32)28-13-6-7-19-46-28/h8-12,16,22,28,31H,6-7,13-15,17-21H2,1-5H3,(H,39,45)/t22-,28?,31+/m0/s1. The fourth-order valence-corrected chi connectivity index (χ4v) is 7.41. The van der Waals surface area contributed by atoms with E-state index in [1.165, 1.54) is 6.92 Å². The molecule has 1 N–H and O–H groups in total. The second-order valence-electron chi connectivity index (χ2n) is 14.4. The van der Waals surface area contributed by atoms with Crippen molar-refractivity contribution in [3.8, 4) is 11.3 Å². The molecule has 3 atom stereocenters. The van der Waals surface area contributed by atoms with Crippen LogP contribution in [0, 0.1) is 5.41 Å². The van der Waals surface area contributed by atoms with Crippen molar-refractivity contribution in [1.82, 2.24) is 30.0 Å². The Morgan fingerprint density at radius 3 is 2.63 bits per heavy atom. The Hall–Kier alpha value is -4.36. The summed E-state index contributed by atoms with van der Waals surface area (Å²) in [4.78, 5) is 42.1. The van der Waals surface area contributed by atoms with Crippen LogP contribution in [-0.2, 0) is 30.3 Å². The second-order valence-corrected chi connectivity index (χ2v) is 14.4. The van der Waals surface area contributed by atoms with Crippen molar-refractivity contribution in [2.75, 3.05) is 31.2 Å². The number of piperidine rings is 1. The number of anilines is 1. The minimum atomic E-state index is -0.599. The summed E-state index contributed by atoms with van der Waals surface area (Å²) in [6.45, 7) is 11.4. The van der Waals surface area contributed by atoms with Crippen LogP contribution in [0.25, 0.3) is 33.3 Å². The number of carbonyl (C=O) groups is 2. The highest BCUT2D eigenvalue weighted by molar-refractivity contribution is 6.00. The van der Waals surface area contributed by atoms with Crippen LogP contribution < -0.4 is 10.2 Å². The summed E-state index contributed by atoms with van der Waals surface area (Å²) in [5.74, 6) is 0.251. The Labute approximate surface area is 285 Å². The van der Waals surface area contributed by atoms with Gasteiger partial charge in [-0.25, -0.2) is 19.4 Å². The number of hydrogen-bond acceptors (Lipinski definition) is 11. The minimum Gasteiger partial charge on any atom is -0.459 e. The number of esters is 1. The summed E-state index contributed by atoms with van der Waals surface area (Å²) in [6, 6.07) is 9.72. The molecule has 3 aliphatic heterocycles. The SMILES string of the molecule is CC(=O)OCc1nc2c(-c3cccc4ncccc34)nn(C3CCCCO3)c2nc1N1CCC2(CC1)CO[C@@H](C)[C@H]2NC(=O)OC(C)(C)C. The van der Waals surface area contributed by atoms with Crippen molar-refractivity contribution < 1.29 is 28.5 Å². The maximum absolute atomic E-state index is 12.8. The lowest BCUT2D eigenvalue weighted by atomic mass is 9.73. The summed E-state index contributed by atoms with van der Waals surface area (Å²) in [5, 5.41) is 9.21. The van der Waals surface area contributed by atoms with E-state index in [-0.39, 0.29) is 30.4 Å². The normalized spacial score (nSPS) is 22.5. The number of aromatic nitrogens is 5. The lowest BCUT2D eigenvalue weighted by Crippen LogP contribution is -2.55. The summed E-state index contributed by atoms with van der Waals surface area (Å²) >= 11 is 0. The number of alkyl carbamates (subject to hydrolysis) is 1. The number of carbonyl (C=O) groups excluding carboxylic acids is 2. The molecule has 1 amide bonds. The van der Waals surface area contributed by atoms with Gasteiger partial charge >= 0.3 is 12.1 Å². The highest BCUT2D eigenvalue weighted by atomic mass is 16.6. The smallest absolute Gasteiger partial charge is 0.407 e. The van der Waals surface area contributed by atoms with E-state index in [9.17, 15) is 9.59 Å². The van der Waals surface area contributed by atoms with Gasteiger partial charge in [0.2, 0.25) is 0 Å². The molecule has 0 saturated carbocycles. The Kier molecular flexibility index (Phi) is 8.91. The van der Waals surface area contributed by atoms with Crippen molar-refractivity contribution in [1.29, 1.82) is 0 Å². The third-order valence-electron chi connectivity index (χ3n) is 9.81. The van der Waals surface area contributed by atoms with Gasteiger partial charge in [0.25, 0.3) is 0 Å². The van der Waals surface area contributed by atoms with E-state index in [0.717, 1.165) is 48.6 Å². The van der Waals surface area contributed by atoms with E-state index in [2.05, 4.69) is 15.2 Å².